The standard InChI is InChI=1S/C12H17N3/c1-15(11-7-4-8-14-9-11)12(13)10-5-2-3-6-10/h4,7-10,13H,2-3,5-6H2,1H3. The fraction of sp³-hybridized carbons (Fsp3) is 0.500. The average molecular weight is 203 g/mol. The number of rotatable bonds is 2. The Morgan fingerprint density at radius 2 is 2.20 bits per heavy atom. The van der Waals surface area contributed by atoms with Crippen LogP contribution in [-0.4, -0.2) is 17.9 Å². The van der Waals surface area contributed by atoms with E-state index in [0.29, 0.717) is 5.92 Å². The molecule has 1 aliphatic carbocycles. The van der Waals surface area contributed by atoms with Crippen molar-refractivity contribution in [3.63, 3.8) is 0 Å². The molecule has 0 atom stereocenters. The summed E-state index contributed by atoms with van der Waals surface area (Å²) in [5.41, 5.74) is 1.01. The summed E-state index contributed by atoms with van der Waals surface area (Å²) < 4.78 is 0. The number of hydrogen-bond donors (Lipinski definition) is 1. The number of aromatic nitrogens is 1. The van der Waals surface area contributed by atoms with E-state index in [2.05, 4.69) is 4.98 Å². The Kier molecular flexibility index (Phi) is 2.99. The Bertz CT molecular complexity index is 328. The normalized spacial score (nSPS) is 16.6. The molecule has 3 nitrogen and oxygen atoms in total. The van der Waals surface area contributed by atoms with Crippen LogP contribution in [0.25, 0.3) is 0 Å². The zero-order chi connectivity index (χ0) is 10.7. The molecule has 1 aromatic heterocycles. The molecule has 0 saturated heterocycles. The van der Waals surface area contributed by atoms with Gasteiger partial charge in [-0.05, 0) is 25.0 Å². The van der Waals surface area contributed by atoms with Gasteiger partial charge >= 0.3 is 0 Å². The number of nitrogens with one attached hydrogen (secondary N) is 1. The SMILES string of the molecule is CN(C(=N)C1CCCC1)c1cccnc1. The summed E-state index contributed by atoms with van der Waals surface area (Å²) in [6.45, 7) is 0. The first-order valence-electron chi connectivity index (χ1n) is 5.51. The molecule has 2 rings (SSSR count). The van der Waals surface area contributed by atoms with E-state index in [4.69, 9.17) is 5.41 Å². The van der Waals surface area contributed by atoms with Gasteiger partial charge in [0.1, 0.15) is 5.84 Å². The number of nitrogens with zero attached hydrogens (tertiary/aromatic N) is 2. The molecule has 1 saturated carbocycles. The fourth-order valence-corrected chi connectivity index (χ4v) is 2.16. The third kappa shape index (κ3) is 2.17. The van der Waals surface area contributed by atoms with Gasteiger partial charge in [0, 0.05) is 19.2 Å². The second kappa shape index (κ2) is 4.43. The Balaban J connectivity index is 2.07. The second-order valence-electron chi connectivity index (χ2n) is 4.14. The van der Waals surface area contributed by atoms with Gasteiger partial charge in [0.25, 0.3) is 0 Å². The molecule has 0 spiro atoms. The predicted molar refractivity (Wildman–Crippen MR) is 62.3 cm³/mol. The van der Waals surface area contributed by atoms with Gasteiger partial charge in [-0.2, -0.15) is 0 Å². The maximum Gasteiger partial charge on any atom is 0.103 e. The summed E-state index contributed by atoms with van der Waals surface area (Å²) >= 11 is 0. The van der Waals surface area contributed by atoms with Crippen LogP contribution in [0.2, 0.25) is 0 Å². The lowest BCUT2D eigenvalue weighted by Gasteiger charge is -2.23. The molecule has 80 valence electrons. The second-order valence-corrected chi connectivity index (χ2v) is 4.14. The summed E-state index contributed by atoms with van der Waals surface area (Å²) in [5.74, 6) is 1.19. The highest BCUT2D eigenvalue weighted by molar-refractivity contribution is 5.96. The lowest BCUT2D eigenvalue weighted by molar-refractivity contribution is 0.710. The van der Waals surface area contributed by atoms with E-state index >= 15 is 0 Å². The van der Waals surface area contributed by atoms with Crippen LogP contribution in [0.4, 0.5) is 5.69 Å². The number of amidine groups is 1. The van der Waals surface area contributed by atoms with Crippen LogP contribution in [0.5, 0.6) is 0 Å². The topological polar surface area (TPSA) is 40.0 Å². The molecule has 1 aromatic rings. The van der Waals surface area contributed by atoms with E-state index in [9.17, 15) is 0 Å². The molecule has 1 heterocycles. The Morgan fingerprint density at radius 1 is 1.47 bits per heavy atom. The molecular weight excluding hydrogens is 186 g/mol. The van der Waals surface area contributed by atoms with Crippen molar-refractivity contribution in [3.8, 4) is 0 Å². The minimum absolute atomic E-state index is 0.454. The van der Waals surface area contributed by atoms with Crippen LogP contribution in [0.1, 0.15) is 25.7 Å². The Labute approximate surface area is 90.6 Å². The van der Waals surface area contributed by atoms with Gasteiger partial charge < -0.3 is 4.90 Å². The predicted octanol–water partition coefficient (Wildman–Crippen LogP) is 2.69. The van der Waals surface area contributed by atoms with Crippen molar-refractivity contribution in [1.29, 1.82) is 5.41 Å². The van der Waals surface area contributed by atoms with E-state index < -0.39 is 0 Å². The molecule has 0 amide bonds. The van der Waals surface area contributed by atoms with Gasteiger partial charge in [-0.3, -0.25) is 10.4 Å². The molecule has 0 radical (unpaired) electrons. The van der Waals surface area contributed by atoms with E-state index in [1.807, 2.05) is 30.3 Å². The van der Waals surface area contributed by atoms with E-state index in [0.717, 1.165) is 11.5 Å². The highest BCUT2D eigenvalue weighted by Crippen LogP contribution is 2.27. The molecule has 15 heavy (non-hydrogen) atoms. The highest BCUT2D eigenvalue weighted by Gasteiger charge is 2.22. The molecule has 1 N–H and O–H groups in total. The van der Waals surface area contributed by atoms with Crippen LogP contribution in [-0.2, 0) is 0 Å². The smallest absolute Gasteiger partial charge is 0.103 e. The molecule has 0 bridgehead atoms. The molecular formula is C12H17N3. The lowest BCUT2D eigenvalue weighted by atomic mass is 10.1. The molecule has 1 fully saturated rings. The third-order valence-electron chi connectivity index (χ3n) is 3.14. The van der Waals surface area contributed by atoms with Crippen LogP contribution < -0.4 is 4.90 Å². The largest absolute Gasteiger partial charge is 0.332 e. The van der Waals surface area contributed by atoms with Gasteiger partial charge in [-0.15, -0.1) is 0 Å². The first-order chi connectivity index (χ1) is 7.29. The van der Waals surface area contributed by atoms with Gasteiger partial charge in [-0.25, -0.2) is 0 Å². The van der Waals surface area contributed by atoms with Crippen molar-refractivity contribution in [2.45, 2.75) is 25.7 Å². The molecule has 0 unspecified atom stereocenters. The Hall–Kier alpha value is -1.38. The summed E-state index contributed by atoms with van der Waals surface area (Å²) in [7, 11) is 1.96. The van der Waals surface area contributed by atoms with Gasteiger partial charge in [0.05, 0.1) is 11.9 Å². The maximum atomic E-state index is 8.13. The van der Waals surface area contributed by atoms with Crippen molar-refractivity contribution in [3.05, 3.63) is 24.5 Å². The molecule has 0 aromatic carbocycles. The summed E-state index contributed by atoms with van der Waals surface area (Å²) in [4.78, 5) is 6.02. The summed E-state index contributed by atoms with van der Waals surface area (Å²) in [6, 6.07) is 3.91. The van der Waals surface area contributed by atoms with Crippen molar-refractivity contribution < 1.29 is 0 Å². The van der Waals surface area contributed by atoms with Crippen LogP contribution >= 0.6 is 0 Å². The minimum atomic E-state index is 0.454. The van der Waals surface area contributed by atoms with Crippen molar-refractivity contribution in [2.75, 3.05) is 11.9 Å². The monoisotopic (exact) mass is 203 g/mol. The van der Waals surface area contributed by atoms with Gasteiger partial charge in [0.15, 0.2) is 0 Å². The zero-order valence-electron chi connectivity index (χ0n) is 9.11. The van der Waals surface area contributed by atoms with Gasteiger partial charge in [-0.1, -0.05) is 12.8 Å². The Morgan fingerprint density at radius 3 is 2.80 bits per heavy atom. The molecule has 0 aliphatic heterocycles. The van der Waals surface area contributed by atoms with Crippen molar-refractivity contribution >= 4 is 11.5 Å². The third-order valence-corrected chi connectivity index (χ3v) is 3.14. The minimum Gasteiger partial charge on any atom is -0.332 e. The highest BCUT2D eigenvalue weighted by atomic mass is 15.2. The van der Waals surface area contributed by atoms with Gasteiger partial charge in [0.2, 0.25) is 0 Å². The first-order valence-corrected chi connectivity index (χ1v) is 5.51. The summed E-state index contributed by atoms with van der Waals surface area (Å²) in [6.07, 6.45) is 8.45. The maximum absolute atomic E-state index is 8.13. The first kappa shape index (κ1) is 10.1. The molecule has 3 heteroatoms. The number of anilines is 1. The van der Waals surface area contributed by atoms with Crippen molar-refractivity contribution in [2.24, 2.45) is 5.92 Å². The fourth-order valence-electron chi connectivity index (χ4n) is 2.16. The van der Waals surface area contributed by atoms with Crippen molar-refractivity contribution in [1.82, 2.24) is 4.98 Å². The lowest BCUT2D eigenvalue weighted by Crippen LogP contribution is -2.31. The quantitative estimate of drug-likeness (QED) is 0.593. The summed E-state index contributed by atoms with van der Waals surface area (Å²) in [5, 5.41) is 8.13. The van der Waals surface area contributed by atoms with Crippen LogP contribution in [0, 0.1) is 11.3 Å². The van der Waals surface area contributed by atoms with Crippen LogP contribution in [0.3, 0.4) is 0 Å². The van der Waals surface area contributed by atoms with Crippen LogP contribution in [0.15, 0.2) is 24.5 Å². The average Bonchev–Trinajstić information content (AvgIpc) is 2.82. The van der Waals surface area contributed by atoms with E-state index in [-0.39, 0.29) is 0 Å². The number of pyridine rings is 1. The molecule has 1 aliphatic rings. The van der Waals surface area contributed by atoms with E-state index in [1.165, 1.54) is 25.7 Å². The zero-order valence-corrected chi connectivity index (χ0v) is 9.11. The number of hydrogen-bond acceptors (Lipinski definition) is 2. The van der Waals surface area contributed by atoms with E-state index in [1.54, 1.807) is 6.20 Å².